The van der Waals surface area contributed by atoms with Gasteiger partial charge in [0.25, 0.3) is 5.91 Å². The molecule has 0 heterocycles. The molecule has 3 nitrogen and oxygen atoms in total. The molecule has 0 saturated heterocycles. The van der Waals surface area contributed by atoms with Gasteiger partial charge in [-0.15, -0.1) is 0 Å². The maximum atomic E-state index is 13.0. The summed E-state index contributed by atoms with van der Waals surface area (Å²) in [5, 5.41) is 2.10. The maximum absolute atomic E-state index is 13.0. The molecule has 14 heavy (non-hydrogen) atoms. The number of hydrogen-bond acceptors (Lipinski definition) is 2. The van der Waals surface area contributed by atoms with Crippen molar-refractivity contribution in [2.75, 3.05) is 19.8 Å². The number of rotatable bonds is 7. The molecular weight excluding hydrogens is 192 g/mol. The number of amides is 1. The highest BCUT2D eigenvalue weighted by molar-refractivity contribution is 5.83. The average molecular weight is 209 g/mol. The summed E-state index contributed by atoms with van der Waals surface area (Å²) in [5.41, 5.74) is 0. The first-order valence-electron chi connectivity index (χ1n) is 4.78. The topological polar surface area (TPSA) is 38.3 Å². The van der Waals surface area contributed by atoms with Crippen LogP contribution in [0.25, 0.3) is 0 Å². The first kappa shape index (κ1) is 13.3. The Labute approximate surface area is 82.8 Å². The predicted octanol–water partition coefficient (Wildman–Crippen LogP) is 1.57. The van der Waals surface area contributed by atoms with E-state index >= 15 is 0 Å². The predicted molar refractivity (Wildman–Crippen MR) is 49.4 cm³/mol. The standard InChI is InChI=1S/C9H17F2NO2/c1-3-12-8(13)9(10,11)6-5-7-14-4-2/h3-7H2,1-2H3,(H,12,13). The van der Waals surface area contributed by atoms with Crippen molar-refractivity contribution in [1.82, 2.24) is 5.32 Å². The van der Waals surface area contributed by atoms with Crippen molar-refractivity contribution >= 4 is 5.91 Å². The highest BCUT2D eigenvalue weighted by Gasteiger charge is 2.37. The third-order valence-electron chi connectivity index (χ3n) is 1.65. The van der Waals surface area contributed by atoms with Gasteiger partial charge in [-0.3, -0.25) is 4.79 Å². The van der Waals surface area contributed by atoms with Crippen LogP contribution in [0.3, 0.4) is 0 Å². The first-order chi connectivity index (χ1) is 6.54. The van der Waals surface area contributed by atoms with Gasteiger partial charge in [-0.2, -0.15) is 8.78 Å². The summed E-state index contributed by atoms with van der Waals surface area (Å²) < 4.78 is 30.8. The van der Waals surface area contributed by atoms with E-state index in [0.29, 0.717) is 6.61 Å². The Hall–Kier alpha value is -0.710. The molecular formula is C9H17F2NO2. The monoisotopic (exact) mass is 209 g/mol. The zero-order valence-electron chi connectivity index (χ0n) is 8.61. The Bertz CT molecular complexity index is 174. The van der Waals surface area contributed by atoms with Gasteiger partial charge in [-0.05, 0) is 20.3 Å². The van der Waals surface area contributed by atoms with Crippen LogP contribution in [0.1, 0.15) is 26.7 Å². The van der Waals surface area contributed by atoms with Crippen LogP contribution in [0.15, 0.2) is 0 Å². The molecule has 0 unspecified atom stereocenters. The molecule has 0 aromatic heterocycles. The van der Waals surface area contributed by atoms with Gasteiger partial charge >= 0.3 is 5.92 Å². The van der Waals surface area contributed by atoms with Crippen LogP contribution in [0.2, 0.25) is 0 Å². The summed E-state index contributed by atoms with van der Waals surface area (Å²) in [7, 11) is 0. The number of carbonyl (C=O) groups is 1. The largest absolute Gasteiger partial charge is 0.382 e. The van der Waals surface area contributed by atoms with Gasteiger partial charge in [-0.25, -0.2) is 0 Å². The van der Waals surface area contributed by atoms with Crippen molar-refractivity contribution in [3.05, 3.63) is 0 Å². The summed E-state index contributed by atoms with van der Waals surface area (Å²) >= 11 is 0. The molecule has 0 aliphatic carbocycles. The maximum Gasteiger partial charge on any atom is 0.324 e. The second-order valence-electron chi connectivity index (χ2n) is 2.86. The zero-order chi connectivity index (χ0) is 11.0. The Morgan fingerprint density at radius 3 is 2.57 bits per heavy atom. The summed E-state index contributed by atoms with van der Waals surface area (Å²) in [4.78, 5) is 10.8. The van der Waals surface area contributed by atoms with Crippen molar-refractivity contribution in [2.24, 2.45) is 0 Å². The second-order valence-corrected chi connectivity index (χ2v) is 2.86. The van der Waals surface area contributed by atoms with Crippen molar-refractivity contribution in [2.45, 2.75) is 32.6 Å². The minimum Gasteiger partial charge on any atom is -0.382 e. The van der Waals surface area contributed by atoms with E-state index in [-0.39, 0.29) is 19.6 Å². The minimum absolute atomic E-state index is 0.192. The molecule has 0 aromatic carbocycles. The molecule has 0 aromatic rings. The molecule has 84 valence electrons. The third-order valence-corrected chi connectivity index (χ3v) is 1.65. The summed E-state index contributed by atoms with van der Waals surface area (Å²) in [5.74, 6) is -4.47. The van der Waals surface area contributed by atoms with E-state index in [1.807, 2.05) is 0 Å². The van der Waals surface area contributed by atoms with Crippen LogP contribution in [-0.4, -0.2) is 31.6 Å². The second kappa shape index (κ2) is 6.70. The van der Waals surface area contributed by atoms with Gasteiger partial charge in [0.15, 0.2) is 0 Å². The van der Waals surface area contributed by atoms with E-state index < -0.39 is 18.3 Å². The third kappa shape index (κ3) is 5.11. The van der Waals surface area contributed by atoms with Crippen molar-refractivity contribution in [3.63, 3.8) is 0 Å². The van der Waals surface area contributed by atoms with Gasteiger partial charge in [0, 0.05) is 26.2 Å². The quantitative estimate of drug-likeness (QED) is 0.646. The highest BCUT2D eigenvalue weighted by atomic mass is 19.3. The Balaban J connectivity index is 3.76. The molecule has 0 saturated carbocycles. The van der Waals surface area contributed by atoms with E-state index in [9.17, 15) is 13.6 Å². The van der Waals surface area contributed by atoms with E-state index in [2.05, 4.69) is 5.32 Å². The van der Waals surface area contributed by atoms with E-state index in [1.165, 1.54) is 0 Å². The lowest BCUT2D eigenvalue weighted by Crippen LogP contribution is -2.40. The Kier molecular flexibility index (Phi) is 6.36. The number of hydrogen-bond donors (Lipinski definition) is 1. The van der Waals surface area contributed by atoms with Gasteiger partial charge < -0.3 is 10.1 Å². The van der Waals surface area contributed by atoms with Crippen LogP contribution in [0.4, 0.5) is 8.78 Å². The number of nitrogens with one attached hydrogen (secondary N) is 1. The summed E-state index contributed by atoms with van der Waals surface area (Å²) in [6.45, 7) is 4.40. The van der Waals surface area contributed by atoms with E-state index in [0.717, 1.165) is 0 Å². The Morgan fingerprint density at radius 1 is 1.43 bits per heavy atom. The molecule has 1 N–H and O–H groups in total. The smallest absolute Gasteiger partial charge is 0.324 e. The normalized spacial score (nSPS) is 11.4. The molecule has 0 fully saturated rings. The van der Waals surface area contributed by atoms with Gasteiger partial charge in [-0.1, -0.05) is 0 Å². The van der Waals surface area contributed by atoms with E-state index in [1.54, 1.807) is 13.8 Å². The fourth-order valence-electron chi connectivity index (χ4n) is 0.944. The fourth-order valence-corrected chi connectivity index (χ4v) is 0.944. The fraction of sp³-hybridized carbons (Fsp3) is 0.889. The van der Waals surface area contributed by atoms with Crippen LogP contribution >= 0.6 is 0 Å². The van der Waals surface area contributed by atoms with E-state index in [4.69, 9.17) is 4.74 Å². The number of carbonyl (C=O) groups excluding carboxylic acids is 1. The average Bonchev–Trinajstić information content (AvgIpc) is 2.13. The molecule has 0 aliphatic heterocycles. The van der Waals surface area contributed by atoms with Gasteiger partial charge in [0.2, 0.25) is 0 Å². The van der Waals surface area contributed by atoms with Gasteiger partial charge in [0.05, 0.1) is 0 Å². The number of alkyl halides is 2. The lowest BCUT2D eigenvalue weighted by molar-refractivity contribution is -0.146. The van der Waals surface area contributed by atoms with Crippen LogP contribution in [0, 0.1) is 0 Å². The summed E-state index contributed by atoms with van der Waals surface area (Å²) in [6.07, 6.45) is -0.267. The van der Waals surface area contributed by atoms with Crippen LogP contribution in [0.5, 0.6) is 0 Å². The van der Waals surface area contributed by atoms with Crippen molar-refractivity contribution in [3.8, 4) is 0 Å². The van der Waals surface area contributed by atoms with Crippen molar-refractivity contribution < 1.29 is 18.3 Å². The SMILES string of the molecule is CCNC(=O)C(F)(F)CCCOCC. The molecule has 0 atom stereocenters. The Morgan fingerprint density at radius 2 is 2.07 bits per heavy atom. The van der Waals surface area contributed by atoms with Crippen LogP contribution < -0.4 is 5.32 Å². The first-order valence-corrected chi connectivity index (χ1v) is 4.78. The summed E-state index contributed by atoms with van der Waals surface area (Å²) in [6, 6.07) is 0. The van der Waals surface area contributed by atoms with Crippen molar-refractivity contribution in [1.29, 1.82) is 0 Å². The molecule has 0 radical (unpaired) electrons. The molecule has 0 aliphatic rings. The molecule has 0 bridgehead atoms. The van der Waals surface area contributed by atoms with Gasteiger partial charge in [0.1, 0.15) is 0 Å². The minimum atomic E-state index is -3.27. The molecule has 5 heteroatoms. The molecule has 0 spiro atoms. The number of halogens is 2. The zero-order valence-corrected chi connectivity index (χ0v) is 8.61. The molecule has 1 amide bonds. The lowest BCUT2D eigenvalue weighted by atomic mass is 10.2. The van der Waals surface area contributed by atoms with Crippen LogP contribution in [-0.2, 0) is 9.53 Å². The number of ether oxygens (including phenoxy) is 1. The molecule has 0 rings (SSSR count). The lowest BCUT2D eigenvalue weighted by Gasteiger charge is -2.14. The highest BCUT2D eigenvalue weighted by Crippen LogP contribution is 2.20.